The molecule has 0 aliphatic carbocycles. The molecule has 0 saturated carbocycles. The predicted octanol–water partition coefficient (Wildman–Crippen LogP) is 2.32. The molecule has 1 atom stereocenters. The number of ether oxygens (including phenoxy) is 1. The molecule has 1 unspecified atom stereocenters. The summed E-state index contributed by atoms with van der Waals surface area (Å²) in [6, 6.07) is 4.89. The number of nitrogens with two attached hydrogens (primary N) is 1. The van der Waals surface area contributed by atoms with Gasteiger partial charge >= 0.3 is 6.18 Å². The van der Waals surface area contributed by atoms with Gasteiger partial charge in [0.1, 0.15) is 11.6 Å². The quantitative estimate of drug-likeness (QED) is 0.913. The highest BCUT2D eigenvalue weighted by molar-refractivity contribution is 5.78. The first-order valence-corrected chi connectivity index (χ1v) is 5.55. The molecule has 2 rings (SSSR count). The van der Waals surface area contributed by atoms with Gasteiger partial charge in [0.25, 0.3) is 0 Å². The van der Waals surface area contributed by atoms with E-state index in [-0.39, 0.29) is 5.82 Å². The summed E-state index contributed by atoms with van der Waals surface area (Å²) in [6.45, 7) is 0.908. The second-order valence-electron chi connectivity index (χ2n) is 4.55. The maximum Gasteiger partial charge on any atom is 0.413 e. The fourth-order valence-corrected chi connectivity index (χ4v) is 1.90. The van der Waals surface area contributed by atoms with Gasteiger partial charge in [-0.15, -0.1) is 0 Å². The Labute approximate surface area is 108 Å². The van der Waals surface area contributed by atoms with Gasteiger partial charge in [0.05, 0.1) is 18.1 Å². The van der Waals surface area contributed by atoms with E-state index in [0.717, 1.165) is 6.92 Å². The average molecular weight is 273 g/mol. The minimum Gasteiger partial charge on any atom is -0.497 e. The molecule has 1 heterocycles. The van der Waals surface area contributed by atoms with Crippen molar-refractivity contribution >= 4 is 11.0 Å². The van der Waals surface area contributed by atoms with Gasteiger partial charge in [-0.25, -0.2) is 4.98 Å². The summed E-state index contributed by atoms with van der Waals surface area (Å²) < 4.78 is 45.3. The third-order valence-electron chi connectivity index (χ3n) is 3.14. The van der Waals surface area contributed by atoms with Crippen molar-refractivity contribution in [3.05, 3.63) is 24.0 Å². The molecule has 0 amide bonds. The molecule has 104 valence electrons. The minimum absolute atomic E-state index is 0.233. The van der Waals surface area contributed by atoms with Crippen LogP contribution in [0.3, 0.4) is 0 Å². The molecule has 1 aromatic carbocycles. The molecule has 1 aromatic heterocycles. The summed E-state index contributed by atoms with van der Waals surface area (Å²) in [5, 5.41) is 0. The Morgan fingerprint density at radius 1 is 1.32 bits per heavy atom. The van der Waals surface area contributed by atoms with Gasteiger partial charge in [-0.3, -0.25) is 0 Å². The van der Waals surface area contributed by atoms with Gasteiger partial charge in [0, 0.05) is 13.1 Å². The maximum absolute atomic E-state index is 13.0. The number of hydrogen-bond acceptors (Lipinski definition) is 3. The Morgan fingerprint density at radius 2 is 1.95 bits per heavy atom. The van der Waals surface area contributed by atoms with Crippen LogP contribution in [0.1, 0.15) is 12.7 Å². The molecular formula is C12H14F3N3O. The number of aryl methyl sites for hydroxylation is 1. The van der Waals surface area contributed by atoms with Crippen LogP contribution in [0.15, 0.2) is 18.2 Å². The molecule has 0 aliphatic heterocycles. The lowest BCUT2D eigenvalue weighted by atomic mass is 10.0. The summed E-state index contributed by atoms with van der Waals surface area (Å²) >= 11 is 0. The standard InChI is InChI=1S/C12H14F3N3O/c1-11(16,12(13,14)15)10-17-8-6-7(19-3)4-5-9(8)18(10)2/h4-6H,16H2,1-3H3. The molecule has 0 saturated heterocycles. The van der Waals surface area contributed by atoms with Crippen molar-refractivity contribution in [3.63, 3.8) is 0 Å². The summed E-state index contributed by atoms with van der Waals surface area (Å²) in [5.41, 5.74) is 3.89. The van der Waals surface area contributed by atoms with Gasteiger partial charge < -0.3 is 15.0 Å². The maximum atomic E-state index is 13.0. The highest BCUT2D eigenvalue weighted by Gasteiger charge is 2.52. The fourth-order valence-electron chi connectivity index (χ4n) is 1.90. The third-order valence-corrected chi connectivity index (χ3v) is 3.14. The monoisotopic (exact) mass is 273 g/mol. The summed E-state index contributed by atoms with van der Waals surface area (Å²) in [5.74, 6) is 0.297. The first kappa shape index (κ1) is 13.7. The Bertz CT molecular complexity index is 616. The Morgan fingerprint density at radius 3 is 2.47 bits per heavy atom. The largest absolute Gasteiger partial charge is 0.497 e. The molecule has 0 aliphatic rings. The number of alkyl halides is 3. The molecule has 0 radical (unpaired) electrons. The number of hydrogen-bond donors (Lipinski definition) is 1. The lowest BCUT2D eigenvalue weighted by Crippen LogP contribution is -2.49. The van der Waals surface area contributed by atoms with E-state index in [4.69, 9.17) is 10.5 Å². The minimum atomic E-state index is -4.58. The van der Waals surface area contributed by atoms with Crippen molar-refractivity contribution in [1.29, 1.82) is 0 Å². The van der Waals surface area contributed by atoms with Gasteiger partial charge in [-0.05, 0) is 19.1 Å². The van der Waals surface area contributed by atoms with Gasteiger partial charge in [-0.1, -0.05) is 0 Å². The van der Waals surface area contributed by atoms with Crippen molar-refractivity contribution in [1.82, 2.24) is 9.55 Å². The average Bonchev–Trinajstić information content (AvgIpc) is 2.65. The second kappa shape index (κ2) is 4.12. The lowest BCUT2D eigenvalue weighted by molar-refractivity contribution is -0.186. The molecule has 0 fully saturated rings. The number of rotatable bonds is 2. The van der Waals surface area contributed by atoms with Gasteiger partial charge in [-0.2, -0.15) is 13.2 Å². The van der Waals surface area contributed by atoms with Crippen LogP contribution < -0.4 is 10.5 Å². The number of imidazole rings is 1. The van der Waals surface area contributed by atoms with Crippen LogP contribution in [0.2, 0.25) is 0 Å². The van der Waals surface area contributed by atoms with Crippen LogP contribution in [-0.2, 0) is 12.6 Å². The summed E-state index contributed by atoms with van der Waals surface area (Å²) in [7, 11) is 2.99. The molecule has 2 N–H and O–H groups in total. The molecule has 0 bridgehead atoms. The van der Waals surface area contributed by atoms with Gasteiger partial charge in [0.15, 0.2) is 5.54 Å². The Hall–Kier alpha value is -1.76. The number of halogens is 3. The van der Waals surface area contributed by atoms with Crippen molar-refractivity contribution in [2.45, 2.75) is 18.6 Å². The molecule has 4 nitrogen and oxygen atoms in total. The Balaban J connectivity index is 2.66. The number of nitrogens with zero attached hydrogens (tertiary/aromatic N) is 2. The van der Waals surface area contributed by atoms with Gasteiger partial charge in [0.2, 0.25) is 0 Å². The molecule has 0 spiro atoms. The van der Waals surface area contributed by atoms with E-state index < -0.39 is 11.7 Å². The van der Waals surface area contributed by atoms with E-state index in [1.54, 1.807) is 18.2 Å². The number of fused-ring (bicyclic) bond motifs is 1. The first-order valence-electron chi connectivity index (χ1n) is 5.55. The van der Waals surface area contributed by atoms with Crippen molar-refractivity contribution in [3.8, 4) is 5.75 Å². The van der Waals surface area contributed by atoms with Crippen molar-refractivity contribution in [2.75, 3.05) is 7.11 Å². The third kappa shape index (κ3) is 2.03. The van der Waals surface area contributed by atoms with E-state index in [1.807, 2.05) is 0 Å². The lowest BCUT2D eigenvalue weighted by Gasteiger charge is -2.26. The van der Waals surface area contributed by atoms with Crippen LogP contribution in [0, 0.1) is 0 Å². The van der Waals surface area contributed by atoms with E-state index in [0.29, 0.717) is 16.8 Å². The van der Waals surface area contributed by atoms with E-state index in [2.05, 4.69) is 4.98 Å². The van der Waals surface area contributed by atoms with E-state index in [9.17, 15) is 13.2 Å². The highest BCUT2D eigenvalue weighted by atomic mass is 19.4. The Kier molecular flexibility index (Phi) is 2.97. The van der Waals surface area contributed by atoms with Crippen LogP contribution in [-0.4, -0.2) is 22.8 Å². The van der Waals surface area contributed by atoms with Crippen LogP contribution in [0.4, 0.5) is 13.2 Å². The zero-order valence-corrected chi connectivity index (χ0v) is 10.7. The summed E-state index contributed by atoms with van der Waals surface area (Å²) in [6.07, 6.45) is -4.58. The highest BCUT2D eigenvalue weighted by Crippen LogP contribution is 2.37. The molecule has 19 heavy (non-hydrogen) atoms. The molecule has 2 aromatic rings. The first-order chi connectivity index (χ1) is 8.68. The smallest absolute Gasteiger partial charge is 0.413 e. The fraction of sp³-hybridized carbons (Fsp3) is 0.417. The normalized spacial score (nSPS) is 15.5. The predicted molar refractivity (Wildman–Crippen MR) is 64.9 cm³/mol. The zero-order valence-electron chi connectivity index (χ0n) is 10.7. The zero-order chi connectivity index (χ0) is 14.4. The molecular weight excluding hydrogens is 259 g/mol. The van der Waals surface area contributed by atoms with Crippen molar-refractivity contribution in [2.24, 2.45) is 12.8 Å². The number of aromatic nitrogens is 2. The second-order valence-corrected chi connectivity index (χ2v) is 4.55. The van der Waals surface area contributed by atoms with E-state index >= 15 is 0 Å². The number of benzene rings is 1. The molecule has 7 heteroatoms. The van der Waals surface area contributed by atoms with E-state index in [1.165, 1.54) is 18.7 Å². The summed E-state index contributed by atoms with van der Waals surface area (Å²) in [4.78, 5) is 4.00. The van der Waals surface area contributed by atoms with Crippen LogP contribution in [0.25, 0.3) is 11.0 Å². The SMILES string of the molecule is COc1ccc2c(c1)nc(C(C)(N)C(F)(F)F)n2C. The van der Waals surface area contributed by atoms with Crippen molar-refractivity contribution < 1.29 is 17.9 Å². The van der Waals surface area contributed by atoms with Crippen LogP contribution in [0.5, 0.6) is 5.75 Å². The number of methoxy groups -OCH3 is 1. The van der Waals surface area contributed by atoms with Crippen LogP contribution >= 0.6 is 0 Å². The topological polar surface area (TPSA) is 53.1 Å².